The molecule has 7 nitrogen and oxygen atoms in total. The van der Waals surface area contributed by atoms with E-state index in [1.807, 2.05) is 60.0 Å². The predicted octanol–water partition coefficient (Wildman–Crippen LogP) is 4.79. The molecule has 1 N–H and O–H groups in total. The van der Waals surface area contributed by atoms with Crippen molar-refractivity contribution in [1.29, 1.82) is 0 Å². The highest BCUT2D eigenvalue weighted by Gasteiger charge is 2.17. The molecule has 0 atom stereocenters. The van der Waals surface area contributed by atoms with Gasteiger partial charge in [0.2, 0.25) is 5.91 Å². The maximum atomic E-state index is 12.5. The fourth-order valence-electron chi connectivity index (χ4n) is 3.12. The van der Waals surface area contributed by atoms with Gasteiger partial charge in [0.05, 0.1) is 12.4 Å². The van der Waals surface area contributed by atoms with E-state index in [0.717, 1.165) is 22.6 Å². The number of carbonyl (C=O) groups excluding carboxylic acids is 1. The summed E-state index contributed by atoms with van der Waals surface area (Å²) in [5, 5.41) is 12.9. The van der Waals surface area contributed by atoms with Gasteiger partial charge in [0, 0.05) is 35.2 Å². The molecular weight excluding hydrogens is 458 g/mol. The predicted molar refractivity (Wildman–Crippen MR) is 130 cm³/mol. The Balaban J connectivity index is 1.51. The van der Waals surface area contributed by atoms with Crippen molar-refractivity contribution in [2.24, 2.45) is 0 Å². The summed E-state index contributed by atoms with van der Waals surface area (Å²) in [6, 6.07) is 18.8. The number of carbonyl (C=O) groups is 1. The Labute approximate surface area is 201 Å². The lowest BCUT2D eigenvalue weighted by Gasteiger charge is -2.11. The summed E-state index contributed by atoms with van der Waals surface area (Å²) in [5.41, 5.74) is 2.68. The van der Waals surface area contributed by atoms with Crippen molar-refractivity contribution in [1.82, 2.24) is 25.1 Å². The van der Waals surface area contributed by atoms with Crippen molar-refractivity contribution < 1.29 is 9.53 Å². The molecule has 0 saturated heterocycles. The monoisotopic (exact) mass is 479 g/mol. The van der Waals surface area contributed by atoms with Crippen LogP contribution in [0.3, 0.4) is 0 Å². The zero-order valence-electron chi connectivity index (χ0n) is 17.9. The number of nitrogens with zero attached hydrogens (tertiary/aromatic N) is 4. The molecular formula is C24H22ClN5O2S. The number of hydrogen-bond acceptors (Lipinski definition) is 6. The summed E-state index contributed by atoms with van der Waals surface area (Å²) in [6.45, 7) is 2.98. The minimum absolute atomic E-state index is 0.0980. The smallest absolute Gasteiger partial charge is 0.230 e. The zero-order valence-corrected chi connectivity index (χ0v) is 19.5. The Bertz CT molecular complexity index is 1200. The lowest BCUT2D eigenvalue weighted by Crippen LogP contribution is -2.24. The van der Waals surface area contributed by atoms with E-state index in [1.165, 1.54) is 11.8 Å². The molecule has 0 aliphatic carbocycles. The molecule has 0 spiro atoms. The highest BCUT2D eigenvalue weighted by Crippen LogP contribution is 2.28. The fraction of sp³-hybridized carbons (Fsp3) is 0.167. The van der Waals surface area contributed by atoms with E-state index in [0.29, 0.717) is 29.2 Å². The van der Waals surface area contributed by atoms with Crippen molar-refractivity contribution in [3.8, 4) is 22.8 Å². The van der Waals surface area contributed by atoms with E-state index in [9.17, 15) is 4.79 Å². The molecule has 2 aromatic carbocycles. The molecule has 168 valence electrons. The number of halogens is 1. The van der Waals surface area contributed by atoms with Crippen molar-refractivity contribution in [2.45, 2.75) is 18.6 Å². The van der Waals surface area contributed by atoms with Gasteiger partial charge in [-0.25, -0.2) is 0 Å². The maximum absolute atomic E-state index is 12.5. The van der Waals surface area contributed by atoms with E-state index >= 15 is 0 Å². The number of benzene rings is 2. The van der Waals surface area contributed by atoms with Crippen LogP contribution in [0.2, 0.25) is 5.02 Å². The molecule has 0 unspecified atom stereocenters. The Kier molecular flexibility index (Phi) is 7.59. The van der Waals surface area contributed by atoms with Gasteiger partial charge in [0.1, 0.15) is 5.75 Å². The first-order chi connectivity index (χ1) is 16.1. The van der Waals surface area contributed by atoms with E-state index in [4.69, 9.17) is 16.3 Å². The van der Waals surface area contributed by atoms with Gasteiger partial charge >= 0.3 is 0 Å². The largest absolute Gasteiger partial charge is 0.494 e. The summed E-state index contributed by atoms with van der Waals surface area (Å²) in [6.07, 6.45) is 3.45. The van der Waals surface area contributed by atoms with Crippen molar-refractivity contribution in [3.05, 3.63) is 83.6 Å². The molecule has 0 radical (unpaired) electrons. The lowest BCUT2D eigenvalue weighted by atomic mass is 10.2. The van der Waals surface area contributed by atoms with Crippen molar-refractivity contribution in [2.75, 3.05) is 12.4 Å². The molecule has 2 heterocycles. The van der Waals surface area contributed by atoms with E-state index in [-0.39, 0.29) is 11.7 Å². The summed E-state index contributed by atoms with van der Waals surface area (Å²) in [5.74, 6) is 1.54. The number of rotatable bonds is 9. The van der Waals surface area contributed by atoms with Crippen LogP contribution in [0.25, 0.3) is 17.1 Å². The van der Waals surface area contributed by atoms with Crippen molar-refractivity contribution >= 4 is 29.3 Å². The van der Waals surface area contributed by atoms with E-state index < -0.39 is 0 Å². The minimum Gasteiger partial charge on any atom is -0.494 e. The highest BCUT2D eigenvalue weighted by molar-refractivity contribution is 7.99. The number of nitrogens with one attached hydrogen (secondary N) is 1. The zero-order chi connectivity index (χ0) is 23.0. The van der Waals surface area contributed by atoms with E-state index in [1.54, 1.807) is 24.5 Å². The van der Waals surface area contributed by atoms with Crippen LogP contribution in [0.1, 0.15) is 12.5 Å². The number of pyridine rings is 1. The molecule has 0 saturated carbocycles. The number of thioether (sulfide) groups is 1. The number of aromatic nitrogens is 4. The molecule has 0 fully saturated rings. The summed E-state index contributed by atoms with van der Waals surface area (Å²) in [7, 11) is 0. The molecule has 2 aromatic heterocycles. The molecule has 4 aromatic rings. The van der Waals surface area contributed by atoms with Crippen molar-refractivity contribution in [3.63, 3.8) is 0 Å². The van der Waals surface area contributed by atoms with Gasteiger partial charge in [-0.05, 0) is 61.0 Å². The second-order valence-corrected chi connectivity index (χ2v) is 8.38. The average molecular weight is 480 g/mol. The molecule has 33 heavy (non-hydrogen) atoms. The number of ether oxygens (including phenoxy) is 1. The van der Waals surface area contributed by atoms with Crippen LogP contribution < -0.4 is 10.1 Å². The molecule has 4 rings (SSSR count). The van der Waals surface area contributed by atoms with Gasteiger partial charge in [0.25, 0.3) is 0 Å². The third-order valence-corrected chi connectivity index (χ3v) is 5.88. The van der Waals surface area contributed by atoms with Crippen LogP contribution in [0.5, 0.6) is 5.75 Å². The first kappa shape index (κ1) is 22.8. The summed E-state index contributed by atoms with van der Waals surface area (Å²) >= 11 is 7.23. The Hall–Kier alpha value is -3.36. The van der Waals surface area contributed by atoms with Crippen LogP contribution in [0.4, 0.5) is 0 Å². The van der Waals surface area contributed by atoms with Gasteiger partial charge in [-0.15, -0.1) is 10.2 Å². The fourth-order valence-corrected chi connectivity index (χ4v) is 4.03. The summed E-state index contributed by atoms with van der Waals surface area (Å²) in [4.78, 5) is 16.7. The topological polar surface area (TPSA) is 81.9 Å². The van der Waals surface area contributed by atoms with Gasteiger partial charge < -0.3 is 10.1 Å². The standard InChI is InChI=1S/C24H22ClN5O2S/c1-2-32-21-11-9-20(10-12-21)30-23(18-4-3-13-26-15-18)28-29-24(30)33-16-22(31)27-14-17-5-7-19(25)8-6-17/h3-13,15H,2,14,16H2,1H3,(H,27,31). The van der Waals surface area contributed by atoms with Crippen LogP contribution in [0, 0.1) is 0 Å². The SMILES string of the molecule is CCOc1ccc(-n2c(SCC(=O)NCc3ccc(Cl)cc3)nnc2-c2cccnc2)cc1. The Morgan fingerprint density at radius 1 is 1.09 bits per heavy atom. The summed E-state index contributed by atoms with van der Waals surface area (Å²) < 4.78 is 7.48. The third kappa shape index (κ3) is 5.91. The molecule has 0 bridgehead atoms. The number of amides is 1. The quantitative estimate of drug-likeness (QED) is 0.347. The minimum atomic E-state index is -0.0980. The Morgan fingerprint density at radius 2 is 1.88 bits per heavy atom. The first-order valence-electron chi connectivity index (χ1n) is 10.4. The molecule has 0 aliphatic heterocycles. The lowest BCUT2D eigenvalue weighted by molar-refractivity contribution is -0.118. The normalized spacial score (nSPS) is 10.7. The third-order valence-electron chi connectivity index (χ3n) is 4.69. The van der Waals surface area contributed by atoms with Crippen LogP contribution in [0.15, 0.2) is 78.2 Å². The van der Waals surface area contributed by atoms with Gasteiger partial charge in [-0.1, -0.05) is 35.5 Å². The second kappa shape index (κ2) is 11.0. The van der Waals surface area contributed by atoms with Gasteiger partial charge in [-0.3, -0.25) is 14.3 Å². The number of hydrogen-bond donors (Lipinski definition) is 1. The first-order valence-corrected chi connectivity index (χ1v) is 11.7. The molecule has 9 heteroatoms. The Morgan fingerprint density at radius 3 is 2.58 bits per heavy atom. The van der Waals surface area contributed by atoms with Crippen LogP contribution >= 0.6 is 23.4 Å². The van der Waals surface area contributed by atoms with Gasteiger partial charge in [0.15, 0.2) is 11.0 Å². The van der Waals surface area contributed by atoms with E-state index in [2.05, 4.69) is 20.5 Å². The molecule has 1 amide bonds. The van der Waals surface area contributed by atoms with Gasteiger partial charge in [-0.2, -0.15) is 0 Å². The van der Waals surface area contributed by atoms with Crippen LogP contribution in [-0.2, 0) is 11.3 Å². The second-order valence-electron chi connectivity index (χ2n) is 7.00. The van der Waals surface area contributed by atoms with Crippen LogP contribution in [-0.4, -0.2) is 38.0 Å². The average Bonchev–Trinajstić information content (AvgIpc) is 3.27. The molecule has 0 aliphatic rings. The maximum Gasteiger partial charge on any atom is 0.230 e. The highest BCUT2D eigenvalue weighted by atomic mass is 35.5.